The Balaban J connectivity index is 2.38. The zero-order chi connectivity index (χ0) is 8.01. The second-order valence-corrected chi connectivity index (χ2v) is 2.36. The zero-order valence-corrected chi connectivity index (χ0v) is 5.43. The fourth-order valence-electron chi connectivity index (χ4n) is 1.12. The molecule has 0 aromatic heterocycles. The highest BCUT2D eigenvalue weighted by Gasteiger charge is 2.37. The van der Waals surface area contributed by atoms with Gasteiger partial charge in [0.2, 0.25) is 5.91 Å². The van der Waals surface area contributed by atoms with Gasteiger partial charge >= 0.3 is 0 Å². The standard InChI is InChI=1S/C6H4N2O3/c9-3-1-2-4(8-3)5(10)6(11)7-2/h1H2,(H,8,9)(H,7,10,11). The second kappa shape index (κ2) is 1.69. The first kappa shape index (κ1) is 6.09. The number of carbonyl (C=O) groups is 3. The van der Waals surface area contributed by atoms with E-state index in [-0.39, 0.29) is 18.0 Å². The minimum Gasteiger partial charge on any atom is -0.321 e. The van der Waals surface area contributed by atoms with E-state index in [1.54, 1.807) is 0 Å². The Morgan fingerprint density at radius 1 is 1.09 bits per heavy atom. The van der Waals surface area contributed by atoms with E-state index in [0.29, 0.717) is 5.70 Å². The van der Waals surface area contributed by atoms with Gasteiger partial charge in [0.05, 0.1) is 12.1 Å². The zero-order valence-electron chi connectivity index (χ0n) is 5.43. The van der Waals surface area contributed by atoms with Crippen molar-refractivity contribution >= 4 is 17.6 Å². The lowest BCUT2D eigenvalue weighted by Crippen LogP contribution is -2.29. The summed E-state index contributed by atoms with van der Waals surface area (Å²) in [6, 6.07) is 0. The summed E-state index contributed by atoms with van der Waals surface area (Å²) in [4.78, 5) is 32.1. The highest BCUT2D eigenvalue weighted by Crippen LogP contribution is 2.17. The monoisotopic (exact) mass is 152 g/mol. The van der Waals surface area contributed by atoms with E-state index in [0.717, 1.165) is 0 Å². The van der Waals surface area contributed by atoms with Gasteiger partial charge in [-0.05, 0) is 0 Å². The highest BCUT2D eigenvalue weighted by molar-refractivity contribution is 6.46. The van der Waals surface area contributed by atoms with E-state index >= 15 is 0 Å². The van der Waals surface area contributed by atoms with Crippen molar-refractivity contribution in [1.29, 1.82) is 0 Å². The van der Waals surface area contributed by atoms with Crippen LogP contribution in [0.3, 0.4) is 0 Å². The average Bonchev–Trinajstić information content (AvgIpc) is 2.37. The van der Waals surface area contributed by atoms with Gasteiger partial charge in [-0.15, -0.1) is 0 Å². The number of hydrogen-bond acceptors (Lipinski definition) is 3. The Kier molecular flexibility index (Phi) is 0.934. The first-order valence-electron chi connectivity index (χ1n) is 3.07. The Morgan fingerprint density at radius 3 is 2.45 bits per heavy atom. The molecule has 5 heteroatoms. The highest BCUT2D eigenvalue weighted by atomic mass is 16.2. The summed E-state index contributed by atoms with van der Waals surface area (Å²) in [5.41, 5.74) is 0.532. The first-order chi connectivity index (χ1) is 5.18. The van der Waals surface area contributed by atoms with Crippen LogP contribution in [0.25, 0.3) is 0 Å². The van der Waals surface area contributed by atoms with Gasteiger partial charge < -0.3 is 10.6 Å². The van der Waals surface area contributed by atoms with Crippen molar-refractivity contribution < 1.29 is 14.4 Å². The minimum atomic E-state index is -0.657. The SMILES string of the molecule is O=C1CC2=C(N1)C(=O)C(=O)N2. The van der Waals surface area contributed by atoms with Gasteiger partial charge in [-0.2, -0.15) is 0 Å². The van der Waals surface area contributed by atoms with Crippen molar-refractivity contribution in [3.8, 4) is 0 Å². The molecule has 2 rings (SSSR count). The predicted octanol–water partition coefficient (Wildman–Crippen LogP) is -1.58. The fourth-order valence-corrected chi connectivity index (χ4v) is 1.12. The number of rotatable bonds is 0. The largest absolute Gasteiger partial charge is 0.321 e. The molecule has 2 aliphatic heterocycles. The lowest BCUT2D eigenvalue weighted by molar-refractivity contribution is -0.134. The van der Waals surface area contributed by atoms with Gasteiger partial charge in [0.25, 0.3) is 11.7 Å². The maximum absolute atomic E-state index is 10.8. The number of ketones is 1. The molecule has 2 aliphatic rings. The third-order valence-electron chi connectivity index (χ3n) is 1.60. The molecule has 0 aliphatic carbocycles. The third-order valence-corrected chi connectivity index (χ3v) is 1.60. The van der Waals surface area contributed by atoms with Crippen LogP contribution >= 0.6 is 0 Å². The maximum atomic E-state index is 10.8. The van der Waals surface area contributed by atoms with Gasteiger partial charge in [-0.25, -0.2) is 0 Å². The number of amides is 2. The molecule has 5 nitrogen and oxygen atoms in total. The minimum absolute atomic E-state index is 0.104. The fraction of sp³-hybridized carbons (Fsp3) is 0.167. The third kappa shape index (κ3) is 0.674. The molecule has 0 bridgehead atoms. The number of Topliss-reactive ketones (excluding diaryl/α,β-unsaturated/α-hetero) is 1. The Bertz CT molecular complexity index is 316. The molecule has 2 heterocycles. The summed E-state index contributed by atoms with van der Waals surface area (Å²) < 4.78 is 0. The van der Waals surface area contributed by atoms with E-state index in [1.165, 1.54) is 0 Å². The normalized spacial score (nSPS) is 22.0. The van der Waals surface area contributed by atoms with Gasteiger partial charge in [0, 0.05) is 0 Å². The molecule has 0 radical (unpaired) electrons. The Morgan fingerprint density at radius 2 is 1.82 bits per heavy atom. The molecular weight excluding hydrogens is 148 g/mol. The van der Waals surface area contributed by atoms with E-state index < -0.39 is 11.7 Å². The van der Waals surface area contributed by atoms with Crippen LogP contribution in [-0.4, -0.2) is 17.6 Å². The van der Waals surface area contributed by atoms with Crippen molar-refractivity contribution in [3.63, 3.8) is 0 Å². The molecule has 0 saturated heterocycles. The second-order valence-electron chi connectivity index (χ2n) is 2.36. The van der Waals surface area contributed by atoms with Crippen LogP contribution in [-0.2, 0) is 14.4 Å². The van der Waals surface area contributed by atoms with Crippen LogP contribution in [0.4, 0.5) is 0 Å². The van der Waals surface area contributed by atoms with Crippen molar-refractivity contribution in [2.75, 3.05) is 0 Å². The van der Waals surface area contributed by atoms with E-state index in [1.807, 2.05) is 0 Å². The first-order valence-corrected chi connectivity index (χ1v) is 3.07. The maximum Gasteiger partial charge on any atom is 0.298 e. The van der Waals surface area contributed by atoms with Gasteiger partial charge in [0.1, 0.15) is 5.70 Å². The molecule has 2 N–H and O–H groups in total. The molecule has 0 fully saturated rings. The van der Waals surface area contributed by atoms with Crippen molar-refractivity contribution in [1.82, 2.24) is 10.6 Å². The topological polar surface area (TPSA) is 75.3 Å². The van der Waals surface area contributed by atoms with Crippen molar-refractivity contribution in [2.45, 2.75) is 6.42 Å². The summed E-state index contributed by atoms with van der Waals surface area (Å²) in [5.74, 6) is -1.55. The summed E-state index contributed by atoms with van der Waals surface area (Å²) in [6.45, 7) is 0. The molecule has 0 unspecified atom stereocenters. The lowest BCUT2D eigenvalue weighted by Gasteiger charge is -1.94. The molecule has 0 aromatic carbocycles. The smallest absolute Gasteiger partial charge is 0.298 e. The molecule has 0 saturated carbocycles. The summed E-state index contributed by atoms with van der Waals surface area (Å²) >= 11 is 0. The molecule has 0 spiro atoms. The molecule has 11 heavy (non-hydrogen) atoms. The lowest BCUT2D eigenvalue weighted by atomic mass is 10.3. The number of hydrogen-bond donors (Lipinski definition) is 2. The summed E-state index contributed by atoms with van der Waals surface area (Å²) in [7, 11) is 0. The average molecular weight is 152 g/mol. The quantitative estimate of drug-likeness (QED) is 0.411. The van der Waals surface area contributed by atoms with Crippen LogP contribution < -0.4 is 10.6 Å². The van der Waals surface area contributed by atoms with E-state index in [4.69, 9.17) is 0 Å². The number of nitrogens with one attached hydrogen (secondary N) is 2. The Labute approximate surface area is 61.4 Å². The van der Waals surface area contributed by atoms with Gasteiger partial charge in [0.15, 0.2) is 0 Å². The molecular formula is C6H4N2O3. The summed E-state index contributed by atoms with van der Waals surface area (Å²) in [5, 5.41) is 4.61. The van der Waals surface area contributed by atoms with Crippen LogP contribution in [0.5, 0.6) is 0 Å². The van der Waals surface area contributed by atoms with E-state index in [2.05, 4.69) is 10.6 Å². The molecule has 0 atom stereocenters. The van der Waals surface area contributed by atoms with Crippen LogP contribution in [0.15, 0.2) is 11.4 Å². The molecule has 56 valence electrons. The van der Waals surface area contributed by atoms with Gasteiger partial charge in [-0.1, -0.05) is 0 Å². The van der Waals surface area contributed by atoms with E-state index in [9.17, 15) is 14.4 Å². The van der Waals surface area contributed by atoms with Crippen LogP contribution in [0, 0.1) is 0 Å². The van der Waals surface area contributed by atoms with Gasteiger partial charge in [-0.3, -0.25) is 14.4 Å². The Hall–Kier alpha value is -1.65. The van der Waals surface area contributed by atoms with Crippen molar-refractivity contribution in [3.05, 3.63) is 11.4 Å². The molecule has 0 aromatic rings. The predicted molar refractivity (Wildman–Crippen MR) is 32.9 cm³/mol. The number of carbonyl (C=O) groups excluding carboxylic acids is 3. The van der Waals surface area contributed by atoms with Crippen LogP contribution in [0.2, 0.25) is 0 Å². The summed E-state index contributed by atoms with van der Waals surface area (Å²) in [6.07, 6.45) is 0.104. The van der Waals surface area contributed by atoms with Crippen LogP contribution in [0.1, 0.15) is 6.42 Å². The molecule has 2 amide bonds. The van der Waals surface area contributed by atoms with Crippen molar-refractivity contribution in [2.24, 2.45) is 0 Å².